The standard InChI is InChI=1S/C14H8F6O2.CH4O/c1-21-11-5-3-8(12(16)13(11)17)7-2-4-10(9(15)6-7)22-14(18,19)20;1-2/h2-6H,1H3;2H,1H3/i;2T. The molecule has 0 aliphatic heterocycles. The zero-order chi connectivity index (χ0) is 19.2. The van der Waals surface area contributed by atoms with Gasteiger partial charge in [0.25, 0.3) is 0 Å². The Balaban J connectivity index is 0.000000970. The number of halogens is 6. The van der Waals surface area contributed by atoms with Gasteiger partial charge in [-0.1, -0.05) is 6.07 Å². The Hall–Kier alpha value is -2.42. The van der Waals surface area contributed by atoms with E-state index >= 15 is 0 Å². The summed E-state index contributed by atoms with van der Waals surface area (Å²) in [6, 6.07) is 4.52. The molecule has 0 bridgehead atoms. The van der Waals surface area contributed by atoms with Crippen molar-refractivity contribution >= 4 is 0 Å². The lowest BCUT2D eigenvalue weighted by Crippen LogP contribution is -2.17. The summed E-state index contributed by atoms with van der Waals surface area (Å²) in [4.78, 5) is 0. The van der Waals surface area contributed by atoms with E-state index in [0.29, 0.717) is 12.1 Å². The Kier molecular flexibility index (Phi) is 5.91. The fourth-order valence-corrected chi connectivity index (χ4v) is 1.79. The van der Waals surface area contributed by atoms with Crippen molar-refractivity contribution in [2.45, 2.75) is 6.36 Å². The SMILES string of the molecule is COc1ccc(-c2ccc(OC(F)(F)F)c(F)c2)c(F)c1F.[3H]OC. The van der Waals surface area contributed by atoms with Crippen LogP contribution >= 0.6 is 0 Å². The molecule has 0 saturated carbocycles. The van der Waals surface area contributed by atoms with E-state index in [1.807, 2.05) is 0 Å². The second-order valence-corrected chi connectivity index (χ2v) is 4.14. The van der Waals surface area contributed by atoms with Gasteiger partial charge in [-0.3, -0.25) is 0 Å². The van der Waals surface area contributed by atoms with Crippen LogP contribution in [0.4, 0.5) is 26.3 Å². The molecule has 1 N–H and O–H groups in total. The first-order valence-electron chi connectivity index (χ1n) is 6.62. The van der Waals surface area contributed by atoms with Crippen LogP contribution in [0.3, 0.4) is 0 Å². The molecule has 0 aromatic heterocycles. The first-order chi connectivity index (χ1) is 11.6. The lowest BCUT2D eigenvalue weighted by Gasteiger charge is -2.11. The summed E-state index contributed by atoms with van der Waals surface area (Å²) < 4.78 is 90.8. The Morgan fingerprint density at radius 2 is 1.58 bits per heavy atom. The molecule has 2 rings (SSSR count). The van der Waals surface area contributed by atoms with E-state index < -0.39 is 29.6 Å². The number of methoxy groups -OCH3 is 1. The summed E-state index contributed by atoms with van der Waals surface area (Å²) in [6.07, 6.45) is -5.06. The second-order valence-electron chi connectivity index (χ2n) is 4.14. The molecule has 2 aromatic carbocycles. The van der Waals surface area contributed by atoms with Crippen LogP contribution in [0.25, 0.3) is 11.1 Å². The molecule has 0 amide bonds. The van der Waals surface area contributed by atoms with Gasteiger partial charge in [0, 0.05) is 12.7 Å². The highest BCUT2D eigenvalue weighted by atomic mass is 19.4. The summed E-state index contributed by atoms with van der Waals surface area (Å²) in [5, 5.41) is 3.50. The maximum Gasteiger partial charge on any atom is 0.573 e. The molecule has 0 heterocycles. The van der Waals surface area contributed by atoms with E-state index in [-0.39, 0.29) is 16.9 Å². The van der Waals surface area contributed by atoms with Gasteiger partial charge in [0.05, 0.1) is 7.11 Å². The number of ether oxygens (including phenoxy) is 2. The average Bonchev–Trinajstić information content (AvgIpc) is 2.52. The van der Waals surface area contributed by atoms with Gasteiger partial charge >= 0.3 is 6.36 Å². The molecule has 2 aromatic rings. The maximum absolute atomic E-state index is 13.8. The van der Waals surface area contributed by atoms with E-state index in [0.717, 1.165) is 25.3 Å². The summed E-state index contributed by atoms with van der Waals surface area (Å²) >= 11 is 0. The minimum Gasteiger partial charge on any atom is -0.494 e. The van der Waals surface area contributed by atoms with E-state index in [4.69, 9.17) is 1.43 Å². The average molecular weight is 356 g/mol. The molecule has 0 spiro atoms. The number of alkyl halides is 3. The van der Waals surface area contributed by atoms with Crippen LogP contribution < -0.4 is 9.47 Å². The van der Waals surface area contributed by atoms with Gasteiger partial charge in [0.1, 0.15) is 0 Å². The van der Waals surface area contributed by atoms with E-state index in [2.05, 4.69) is 14.6 Å². The van der Waals surface area contributed by atoms with Gasteiger partial charge in [-0.2, -0.15) is 4.39 Å². The summed E-state index contributed by atoms with van der Waals surface area (Å²) in [7, 11) is 2.43. The van der Waals surface area contributed by atoms with Crippen molar-refractivity contribution in [2.24, 2.45) is 0 Å². The molecule has 0 unspecified atom stereocenters. The zero-order valence-corrected chi connectivity index (χ0v) is 12.4. The highest BCUT2D eigenvalue weighted by molar-refractivity contribution is 5.66. The third-order valence-electron chi connectivity index (χ3n) is 2.74. The van der Waals surface area contributed by atoms with Crippen molar-refractivity contribution < 1.29 is 40.9 Å². The Morgan fingerprint density at radius 3 is 2.08 bits per heavy atom. The van der Waals surface area contributed by atoms with Gasteiger partial charge in [-0.15, -0.1) is 13.2 Å². The monoisotopic (exact) mass is 356 g/mol. The van der Waals surface area contributed by atoms with Crippen LogP contribution in [0.15, 0.2) is 30.3 Å². The Bertz CT molecular complexity index is 721. The summed E-state index contributed by atoms with van der Waals surface area (Å²) in [5.41, 5.74) is -0.471. The zero-order valence-electron chi connectivity index (χ0n) is 13.4. The molecule has 0 aliphatic rings. The lowest BCUT2D eigenvalue weighted by molar-refractivity contribution is -0.275. The fraction of sp³-hybridized carbons (Fsp3) is 0.200. The summed E-state index contributed by atoms with van der Waals surface area (Å²) in [5.74, 6) is -5.35. The van der Waals surface area contributed by atoms with E-state index in [9.17, 15) is 26.3 Å². The summed E-state index contributed by atoms with van der Waals surface area (Å²) in [6.45, 7) is 0. The third kappa shape index (κ3) is 4.54. The van der Waals surface area contributed by atoms with E-state index in [1.165, 1.54) is 7.11 Å². The molecule has 9 heteroatoms. The van der Waals surface area contributed by atoms with Crippen molar-refractivity contribution in [1.29, 1.82) is 1.43 Å². The van der Waals surface area contributed by atoms with Crippen molar-refractivity contribution in [2.75, 3.05) is 14.2 Å². The van der Waals surface area contributed by atoms with Crippen molar-refractivity contribution in [3.05, 3.63) is 47.8 Å². The van der Waals surface area contributed by atoms with E-state index in [1.54, 1.807) is 0 Å². The van der Waals surface area contributed by atoms with Gasteiger partial charge in [0.15, 0.2) is 23.1 Å². The number of aliphatic hydroxyl groups is 1. The lowest BCUT2D eigenvalue weighted by atomic mass is 10.0. The van der Waals surface area contributed by atoms with Crippen molar-refractivity contribution in [3.8, 4) is 22.6 Å². The molecule has 0 atom stereocenters. The number of hydrogen-bond acceptors (Lipinski definition) is 3. The highest BCUT2D eigenvalue weighted by Crippen LogP contribution is 2.33. The fourth-order valence-electron chi connectivity index (χ4n) is 1.79. The van der Waals surface area contributed by atoms with Gasteiger partial charge in [0.2, 0.25) is 7.25 Å². The van der Waals surface area contributed by atoms with Crippen molar-refractivity contribution in [3.63, 3.8) is 0 Å². The van der Waals surface area contributed by atoms with Gasteiger partial charge in [-0.05, 0) is 29.8 Å². The molecule has 3 nitrogen and oxygen atoms in total. The van der Waals surface area contributed by atoms with Crippen LogP contribution in [-0.2, 0) is 0 Å². The smallest absolute Gasteiger partial charge is 0.494 e. The van der Waals surface area contributed by atoms with Crippen LogP contribution in [0.2, 0.25) is 0 Å². The normalized spacial score (nSPS) is 11.2. The van der Waals surface area contributed by atoms with Gasteiger partial charge in [-0.25, -0.2) is 8.78 Å². The first-order valence-corrected chi connectivity index (χ1v) is 6.21. The van der Waals surface area contributed by atoms with Crippen LogP contribution in [0.5, 0.6) is 11.5 Å². The molecular formula is C15H12F6O3. The predicted octanol–water partition coefficient (Wildman–Crippen LogP) is 4.29. The highest BCUT2D eigenvalue weighted by Gasteiger charge is 2.32. The first kappa shape index (κ1) is 17.9. The van der Waals surface area contributed by atoms with Crippen molar-refractivity contribution in [1.82, 2.24) is 0 Å². The Labute approximate surface area is 134 Å². The number of benzene rings is 2. The third-order valence-corrected chi connectivity index (χ3v) is 2.74. The maximum atomic E-state index is 13.8. The van der Waals surface area contributed by atoms with Gasteiger partial charge < -0.3 is 14.6 Å². The Morgan fingerprint density at radius 1 is 1.00 bits per heavy atom. The molecule has 0 aliphatic carbocycles. The second kappa shape index (κ2) is 7.91. The molecule has 24 heavy (non-hydrogen) atoms. The number of rotatable bonds is 3. The molecule has 0 saturated heterocycles. The largest absolute Gasteiger partial charge is 0.573 e. The molecular weight excluding hydrogens is 342 g/mol. The number of aliphatic hydroxyl groups excluding tert-OH is 1. The topological polar surface area (TPSA) is 38.7 Å². The minimum absolute atomic E-state index is 0.147. The van der Waals surface area contributed by atoms with Crippen LogP contribution in [0, 0.1) is 17.5 Å². The quantitative estimate of drug-likeness (QED) is 0.834. The minimum atomic E-state index is -5.06. The molecule has 0 radical (unpaired) electrons. The predicted molar refractivity (Wildman–Crippen MR) is 73.1 cm³/mol. The molecule has 0 fully saturated rings. The van der Waals surface area contributed by atoms with Crippen LogP contribution in [0.1, 0.15) is 0 Å². The van der Waals surface area contributed by atoms with Crippen LogP contribution in [-0.4, -0.2) is 27.1 Å². The number of hydrogen-bond donors (Lipinski definition) is 1. The molecule has 132 valence electrons.